The van der Waals surface area contributed by atoms with E-state index in [0.29, 0.717) is 23.9 Å². The van der Waals surface area contributed by atoms with Crippen LogP contribution in [0.4, 0.5) is 0 Å². The van der Waals surface area contributed by atoms with Crippen molar-refractivity contribution < 1.29 is 32.9 Å². The summed E-state index contributed by atoms with van der Waals surface area (Å²) in [6.45, 7) is 4.56. The summed E-state index contributed by atoms with van der Waals surface area (Å²) >= 11 is 0. The molecule has 0 aliphatic rings. The van der Waals surface area contributed by atoms with E-state index in [0.717, 1.165) is 77.0 Å². The number of aliphatic hydroxyl groups is 1. The lowest BCUT2D eigenvalue weighted by Crippen LogP contribution is -2.46. The highest BCUT2D eigenvalue weighted by Crippen LogP contribution is 2.38. The van der Waals surface area contributed by atoms with Gasteiger partial charge in [0, 0.05) is 6.42 Å². The van der Waals surface area contributed by atoms with Crippen molar-refractivity contribution in [1.82, 2.24) is 5.32 Å². The third kappa shape index (κ3) is 53.7. The minimum atomic E-state index is -4.56. The Kier molecular flexibility index (Phi) is 50.3. The lowest BCUT2D eigenvalue weighted by atomic mass is 10.0. The van der Waals surface area contributed by atoms with Crippen molar-refractivity contribution in [2.75, 3.05) is 40.9 Å². The number of hydrogen-bond acceptors (Lipinski definition) is 6. The van der Waals surface area contributed by atoms with Crippen LogP contribution in [0.15, 0.2) is 72.9 Å². The van der Waals surface area contributed by atoms with Gasteiger partial charge in [-0.2, -0.15) is 0 Å². The molecule has 1 amide bonds. The fraction of sp³-hybridized carbons (Fsp3) is 0.787. The van der Waals surface area contributed by atoms with Gasteiger partial charge in [-0.15, -0.1) is 0 Å². The van der Waals surface area contributed by atoms with E-state index in [-0.39, 0.29) is 19.1 Å². The van der Waals surface area contributed by atoms with E-state index >= 15 is 0 Å². The van der Waals surface area contributed by atoms with Crippen LogP contribution in [0.3, 0.4) is 0 Å². The molecule has 0 saturated heterocycles. The Balaban J connectivity index is 3.76. The van der Waals surface area contributed by atoms with E-state index in [1.807, 2.05) is 21.1 Å². The molecule has 8 nitrogen and oxygen atoms in total. The molecule has 0 aromatic heterocycles. The first-order valence-corrected chi connectivity index (χ1v) is 30.7. The summed E-state index contributed by atoms with van der Waals surface area (Å²) < 4.78 is 23.2. The number of aliphatic hydroxyl groups excluding tert-OH is 1. The zero-order valence-electron chi connectivity index (χ0n) is 46.5. The largest absolute Gasteiger partial charge is 0.756 e. The van der Waals surface area contributed by atoms with Crippen LogP contribution in [-0.2, 0) is 18.4 Å². The first-order valence-electron chi connectivity index (χ1n) is 29.3. The number of phosphoric ester groups is 1. The molecule has 3 unspecified atom stereocenters. The smallest absolute Gasteiger partial charge is 0.268 e. The monoisotopic (exact) mass is 1000 g/mol. The van der Waals surface area contributed by atoms with Crippen molar-refractivity contribution >= 4 is 13.7 Å². The van der Waals surface area contributed by atoms with Crippen LogP contribution in [0.2, 0.25) is 0 Å². The third-order valence-corrected chi connectivity index (χ3v) is 13.9. The van der Waals surface area contributed by atoms with E-state index < -0.39 is 20.0 Å². The molecule has 2 N–H and O–H groups in total. The number of likely N-dealkylation sites (N-methyl/N-ethyl adjacent to an activating group) is 1. The van der Waals surface area contributed by atoms with Gasteiger partial charge in [-0.1, -0.05) is 260 Å². The molecule has 3 atom stereocenters. The fourth-order valence-electron chi connectivity index (χ4n) is 8.40. The van der Waals surface area contributed by atoms with Gasteiger partial charge >= 0.3 is 0 Å². The van der Waals surface area contributed by atoms with Gasteiger partial charge in [-0.05, 0) is 64.2 Å². The lowest BCUT2D eigenvalue weighted by molar-refractivity contribution is -0.870. The van der Waals surface area contributed by atoms with Crippen molar-refractivity contribution in [3.63, 3.8) is 0 Å². The highest BCUT2D eigenvalue weighted by atomic mass is 31.2. The van der Waals surface area contributed by atoms with Gasteiger partial charge in [0.15, 0.2) is 0 Å². The topological polar surface area (TPSA) is 108 Å². The van der Waals surface area contributed by atoms with Gasteiger partial charge in [-0.3, -0.25) is 9.36 Å². The SMILES string of the molecule is CC/C=C\C/C=C\C/C=C\C/C=C\C/C=C\C/C=C\CCCCCCCCCCCCCCCCCCCCCCCCC(=O)NC(COP(=O)([O-])OCC[N+](C)(C)C)C(O)CCCCCCCCC. The minimum Gasteiger partial charge on any atom is -0.756 e. The van der Waals surface area contributed by atoms with Crippen LogP contribution in [0, 0.1) is 0 Å². The van der Waals surface area contributed by atoms with Crippen molar-refractivity contribution in [2.24, 2.45) is 0 Å². The van der Waals surface area contributed by atoms with Gasteiger partial charge in [0.2, 0.25) is 5.91 Å². The second kappa shape index (κ2) is 51.8. The minimum absolute atomic E-state index is 0.0118. The summed E-state index contributed by atoms with van der Waals surface area (Å²) in [5, 5.41) is 13.8. The summed E-state index contributed by atoms with van der Waals surface area (Å²) in [7, 11) is 1.31. The molecule has 0 heterocycles. The summed E-state index contributed by atoms with van der Waals surface area (Å²) in [5.74, 6) is -0.167. The Morgan fingerprint density at radius 3 is 1.27 bits per heavy atom. The molecule has 0 rings (SSSR count). The summed E-state index contributed by atoms with van der Waals surface area (Å²) in [6.07, 6.45) is 71.4. The van der Waals surface area contributed by atoms with Crippen molar-refractivity contribution in [1.29, 1.82) is 0 Å². The molecule has 0 saturated carbocycles. The number of unbranched alkanes of at least 4 members (excludes halogenated alkanes) is 28. The summed E-state index contributed by atoms with van der Waals surface area (Å²) in [5.41, 5.74) is 0. The summed E-state index contributed by atoms with van der Waals surface area (Å²) in [4.78, 5) is 25.3. The Morgan fingerprint density at radius 2 is 0.871 bits per heavy atom. The maximum atomic E-state index is 12.9. The standard InChI is InChI=1S/C61H113N2O6P/c1-6-8-10-12-14-15-16-17-18-19-20-21-22-23-24-25-26-27-28-29-30-31-32-33-34-35-36-37-38-39-40-41-42-43-44-45-46-47-49-51-53-55-61(65)62-59(60(64)54-52-50-48-13-11-9-7-2)58-69-70(66,67)68-57-56-63(3,4)5/h8,10,14-15,17-18,20-21,23-24,26-27,59-60,64H,6-7,9,11-13,16,19,22,25,28-58H2,1-5H3,(H-,62,65,66,67)/b10-8-,15-14-,18-17-,21-20-,24-23-,27-26-. The van der Waals surface area contributed by atoms with E-state index in [4.69, 9.17) is 9.05 Å². The Morgan fingerprint density at radius 1 is 0.514 bits per heavy atom. The maximum absolute atomic E-state index is 12.9. The molecule has 408 valence electrons. The Bertz CT molecular complexity index is 1370. The number of quaternary nitrogens is 1. The number of amides is 1. The first kappa shape index (κ1) is 67.9. The molecule has 0 aliphatic heterocycles. The molecule has 9 heteroatoms. The first-order chi connectivity index (χ1) is 34.0. The van der Waals surface area contributed by atoms with Crippen molar-refractivity contribution in [2.45, 2.75) is 270 Å². The Labute approximate surface area is 434 Å². The second-order valence-electron chi connectivity index (χ2n) is 21.0. The quantitative estimate of drug-likeness (QED) is 0.0272. The maximum Gasteiger partial charge on any atom is 0.268 e. The van der Waals surface area contributed by atoms with Crippen LogP contribution in [0.5, 0.6) is 0 Å². The number of carbonyl (C=O) groups is 1. The number of carbonyl (C=O) groups excluding carboxylic acids is 1. The molecular formula is C61H113N2O6P. The van der Waals surface area contributed by atoms with Crippen molar-refractivity contribution in [3.8, 4) is 0 Å². The Hall–Kier alpha value is -2.06. The average molecular weight is 1000 g/mol. The van der Waals surface area contributed by atoms with Gasteiger partial charge in [0.1, 0.15) is 13.2 Å². The molecule has 0 bridgehead atoms. The molecule has 0 radical (unpaired) electrons. The van der Waals surface area contributed by atoms with Crippen molar-refractivity contribution in [3.05, 3.63) is 72.9 Å². The number of hydrogen-bond donors (Lipinski definition) is 2. The lowest BCUT2D eigenvalue weighted by Gasteiger charge is -2.30. The number of allylic oxidation sites excluding steroid dienone is 12. The van der Waals surface area contributed by atoms with Crippen LogP contribution in [0.25, 0.3) is 0 Å². The predicted octanol–water partition coefficient (Wildman–Crippen LogP) is 17.2. The number of rotatable bonds is 53. The molecule has 0 aliphatic carbocycles. The van der Waals surface area contributed by atoms with E-state index in [1.54, 1.807) is 0 Å². The molecule has 0 fully saturated rings. The predicted molar refractivity (Wildman–Crippen MR) is 302 cm³/mol. The van der Waals surface area contributed by atoms with E-state index in [2.05, 4.69) is 92.1 Å². The zero-order valence-corrected chi connectivity index (χ0v) is 47.4. The number of nitrogens with one attached hydrogen (secondary N) is 1. The van der Waals surface area contributed by atoms with Crippen LogP contribution >= 0.6 is 7.82 Å². The summed E-state index contributed by atoms with van der Waals surface area (Å²) in [6, 6.07) is -0.797. The van der Waals surface area contributed by atoms with Gasteiger partial charge < -0.3 is 28.8 Å². The van der Waals surface area contributed by atoms with Gasteiger partial charge in [0.25, 0.3) is 7.82 Å². The highest BCUT2D eigenvalue weighted by Gasteiger charge is 2.24. The highest BCUT2D eigenvalue weighted by molar-refractivity contribution is 7.45. The second-order valence-corrected chi connectivity index (χ2v) is 22.4. The molecule has 70 heavy (non-hydrogen) atoms. The van der Waals surface area contributed by atoms with E-state index in [9.17, 15) is 19.4 Å². The third-order valence-electron chi connectivity index (χ3n) is 13.0. The van der Waals surface area contributed by atoms with Crippen LogP contribution < -0.4 is 10.2 Å². The average Bonchev–Trinajstić information content (AvgIpc) is 3.32. The van der Waals surface area contributed by atoms with Gasteiger partial charge in [-0.25, -0.2) is 0 Å². The number of phosphoric acid groups is 1. The zero-order chi connectivity index (χ0) is 51.3. The van der Waals surface area contributed by atoms with Gasteiger partial charge in [0.05, 0.1) is 39.9 Å². The molecule has 0 spiro atoms. The molecule has 0 aromatic carbocycles. The van der Waals surface area contributed by atoms with Crippen LogP contribution in [0.1, 0.15) is 258 Å². The van der Waals surface area contributed by atoms with E-state index in [1.165, 1.54) is 154 Å². The molecular weight excluding hydrogens is 888 g/mol. The van der Waals surface area contributed by atoms with Crippen LogP contribution in [-0.4, -0.2) is 68.5 Å². The molecule has 0 aromatic rings. The number of nitrogens with zero attached hydrogens (tertiary/aromatic N) is 1. The fourth-order valence-corrected chi connectivity index (χ4v) is 9.12. The normalized spacial score (nSPS) is 14.4.